The van der Waals surface area contributed by atoms with Crippen LogP contribution in [0.2, 0.25) is 0 Å². The minimum atomic E-state index is -5.43. The fourth-order valence-electron chi connectivity index (χ4n) is 3.36. The zero-order valence-corrected chi connectivity index (χ0v) is 23.1. The quantitative estimate of drug-likeness (QED) is 0.191. The zero-order valence-electron chi connectivity index (χ0n) is 19.4. The van der Waals surface area contributed by atoms with Gasteiger partial charge >= 0.3 is 54.3 Å². The van der Waals surface area contributed by atoms with Crippen molar-refractivity contribution in [2.24, 2.45) is 0 Å². The van der Waals surface area contributed by atoms with E-state index in [1.807, 2.05) is 0 Å². The van der Waals surface area contributed by atoms with Crippen molar-refractivity contribution in [3.63, 3.8) is 0 Å². The van der Waals surface area contributed by atoms with Crippen LogP contribution in [0.4, 0.5) is 52.7 Å². The number of halogens is 12. The van der Waals surface area contributed by atoms with Gasteiger partial charge in [0.1, 0.15) is 10.1 Å². The van der Waals surface area contributed by atoms with Crippen molar-refractivity contribution in [1.82, 2.24) is 0 Å². The van der Waals surface area contributed by atoms with Gasteiger partial charge in [0, 0.05) is 0 Å². The van der Waals surface area contributed by atoms with Crippen molar-refractivity contribution < 1.29 is 95.2 Å². The molecule has 0 N–H and O–H groups in total. The molecule has 0 radical (unpaired) electrons. The third-order valence-corrected chi connectivity index (χ3v) is 8.20. The van der Waals surface area contributed by atoms with Crippen LogP contribution in [0.5, 0.6) is 0 Å². The van der Waals surface area contributed by atoms with Gasteiger partial charge in [-0.2, -0.15) is 52.7 Å². The van der Waals surface area contributed by atoms with E-state index in [0.717, 1.165) is 12.1 Å². The predicted octanol–water partition coefficient (Wildman–Crippen LogP) is 3.43. The van der Waals surface area contributed by atoms with Crippen molar-refractivity contribution in [2.45, 2.75) is 29.6 Å². The Morgan fingerprint density at radius 3 is 1.12 bits per heavy atom. The Hall–Kier alpha value is -1.84. The molecule has 0 unspecified atom stereocenters. The average Bonchev–Trinajstić information content (AvgIpc) is 2.76. The molecular weight excluding hydrogens is 626 g/mol. The first kappa shape index (κ1) is 34.4. The summed E-state index contributed by atoms with van der Waals surface area (Å²) >= 11 is 0. The molecule has 0 aliphatic carbocycles. The van der Waals surface area contributed by atoms with Crippen LogP contribution in [0, 0.1) is 0 Å². The smallest absolute Gasteiger partial charge is 0.744 e. The molecule has 18 heteroatoms. The SMILES string of the molecule is O=S(=O)([O-])c1cccc(P(c2cc(C(F)(F)F)cc(C(F)(F)F)c2)c2cc(C(F)(F)F)cc(C(F)(F)F)c2)c1.[Na+]. The molecule has 3 rings (SSSR count). The van der Waals surface area contributed by atoms with E-state index in [0.29, 0.717) is 12.1 Å². The van der Waals surface area contributed by atoms with Crippen LogP contribution in [0.25, 0.3) is 0 Å². The van der Waals surface area contributed by atoms with Gasteiger partial charge in [0.05, 0.1) is 27.1 Å². The summed E-state index contributed by atoms with van der Waals surface area (Å²) in [6.45, 7) is 0. The van der Waals surface area contributed by atoms with Gasteiger partial charge < -0.3 is 4.55 Å². The van der Waals surface area contributed by atoms with E-state index >= 15 is 0 Å². The van der Waals surface area contributed by atoms with E-state index in [2.05, 4.69) is 0 Å². The molecule has 3 aromatic carbocycles. The Kier molecular flexibility index (Phi) is 9.83. The molecule has 0 amide bonds. The zero-order chi connectivity index (χ0) is 29.8. The van der Waals surface area contributed by atoms with Gasteiger partial charge in [-0.15, -0.1) is 0 Å². The maximum atomic E-state index is 13.5. The maximum Gasteiger partial charge on any atom is 1.00 e. The summed E-state index contributed by atoms with van der Waals surface area (Å²) in [7, 11) is -8.47. The van der Waals surface area contributed by atoms with Gasteiger partial charge in [-0.25, -0.2) is 8.42 Å². The van der Waals surface area contributed by atoms with E-state index in [9.17, 15) is 65.7 Å². The van der Waals surface area contributed by atoms with Gasteiger partial charge in [0.2, 0.25) is 0 Å². The summed E-state index contributed by atoms with van der Waals surface area (Å²) in [4.78, 5) is -1.07. The fraction of sp³-hybridized carbons (Fsp3) is 0.182. The largest absolute Gasteiger partial charge is 1.00 e. The normalized spacial score (nSPS) is 13.3. The van der Waals surface area contributed by atoms with Crippen LogP contribution < -0.4 is 45.5 Å². The minimum Gasteiger partial charge on any atom is -0.744 e. The Bertz CT molecular complexity index is 1360. The molecule has 0 atom stereocenters. The third kappa shape index (κ3) is 8.13. The van der Waals surface area contributed by atoms with Gasteiger partial charge in [-0.05, 0) is 72.4 Å². The van der Waals surface area contributed by atoms with Crippen molar-refractivity contribution in [3.05, 3.63) is 82.9 Å². The van der Waals surface area contributed by atoms with Gasteiger partial charge in [0.25, 0.3) is 0 Å². The summed E-state index contributed by atoms with van der Waals surface area (Å²) in [6.07, 6.45) is -21.7. The molecule has 0 aliphatic heterocycles. The molecule has 0 saturated heterocycles. The van der Waals surface area contributed by atoms with Crippen molar-refractivity contribution in [2.75, 3.05) is 0 Å². The standard InChI is InChI=1S/C22H11F12O3PS.Na/c23-19(24,25)11-4-12(20(26,27)28)7-16(6-11)38(15-2-1-3-18(10-15)39(35,36)37)17-8-13(21(29,30)31)5-14(9-17)22(32,33)34;/h1-10H,(H,35,36,37);/q;+1/p-1. The molecule has 3 nitrogen and oxygen atoms in total. The molecule has 0 fully saturated rings. The second kappa shape index (κ2) is 11.4. The number of benzene rings is 3. The van der Waals surface area contributed by atoms with Crippen LogP contribution in [0.1, 0.15) is 22.3 Å². The number of alkyl halides is 12. The molecule has 0 spiro atoms. The molecule has 212 valence electrons. The first-order chi connectivity index (χ1) is 17.5. The molecule has 0 heterocycles. The first-order valence-corrected chi connectivity index (χ1v) is 12.7. The molecule has 40 heavy (non-hydrogen) atoms. The Morgan fingerprint density at radius 2 is 0.850 bits per heavy atom. The Morgan fingerprint density at radius 1 is 0.525 bits per heavy atom. The first-order valence-electron chi connectivity index (χ1n) is 9.93. The monoisotopic (exact) mass is 636 g/mol. The topological polar surface area (TPSA) is 57.2 Å². The molecule has 0 saturated carbocycles. The van der Waals surface area contributed by atoms with Gasteiger partial charge in [-0.1, -0.05) is 12.1 Å². The Balaban J connectivity index is 0.00000560. The predicted molar refractivity (Wildman–Crippen MR) is 113 cm³/mol. The van der Waals surface area contributed by atoms with Crippen molar-refractivity contribution in [1.29, 1.82) is 0 Å². The summed E-state index contributed by atoms with van der Waals surface area (Å²) in [5.41, 5.74) is -7.68. The van der Waals surface area contributed by atoms with Crippen molar-refractivity contribution in [3.8, 4) is 0 Å². The summed E-state index contributed by atoms with van der Waals surface area (Å²) in [6, 6.07) is 2.62. The molecule has 0 aliphatic rings. The molecule has 0 bridgehead atoms. The van der Waals surface area contributed by atoms with Gasteiger partial charge in [0.15, 0.2) is 0 Å². The maximum absolute atomic E-state index is 13.5. The van der Waals surface area contributed by atoms with Crippen LogP contribution in [0.15, 0.2) is 65.6 Å². The van der Waals surface area contributed by atoms with E-state index < -0.39 is 85.8 Å². The molecular formula is C22H10F12NaO3PS. The summed E-state index contributed by atoms with van der Waals surface area (Å²) in [5, 5.41) is -2.64. The van der Waals surface area contributed by atoms with Crippen LogP contribution in [-0.2, 0) is 34.8 Å². The summed E-state index contributed by atoms with van der Waals surface area (Å²) < 4.78 is 196. The van der Waals surface area contributed by atoms with Crippen LogP contribution >= 0.6 is 7.92 Å². The number of hydrogen-bond donors (Lipinski definition) is 0. The van der Waals surface area contributed by atoms with E-state index in [-0.39, 0.29) is 66.0 Å². The second-order valence-corrected chi connectivity index (χ2v) is 11.4. The number of hydrogen-bond acceptors (Lipinski definition) is 3. The fourth-order valence-corrected chi connectivity index (χ4v) is 6.43. The second-order valence-electron chi connectivity index (χ2n) is 7.82. The third-order valence-electron chi connectivity index (χ3n) is 5.03. The molecule has 0 aromatic heterocycles. The van der Waals surface area contributed by atoms with Crippen LogP contribution in [0.3, 0.4) is 0 Å². The van der Waals surface area contributed by atoms with E-state index in [4.69, 9.17) is 0 Å². The van der Waals surface area contributed by atoms with Crippen LogP contribution in [-0.4, -0.2) is 13.0 Å². The van der Waals surface area contributed by atoms with E-state index in [1.54, 1.807) is 0 Å². The summed E-state index contributed by atoms with van der Waals surface area (Å²) in [5.74, 6) is 0. The average molecular weight is 636 g/mol. The Labute approximate surface area is 241 Å². The minimum absolute atomic E-state index is 0. The number of rotatable bonds is 4. The van der Waals surface area contributed by atoms with Gasteiger partial charge in [-0.3, -0.25) is 0 Å². The molecule has 3 aromatic rings. The van der Waals surface area contributed by atoms with E-state index in [1.165, 1.54) is 0 Å². The van der Waals surface area contributed by atoms with Crippen molar-refractivity contribution >= 4 is 34.0 Å².